The van der Waals surface area contributed by atoms with Crippen molar-refractivity contribution in [1.82, 2.24) is 4.90 Å². The van der Waals surface area contributed by atoms with E-state index in [1.807, 2.05) is 0 Å². The molecule has 16 heavy (non-hydrogen) atoms. The molecule has 0 amide bonds. The van der Waals surface area contributed by atoms with E-state index in [0.717, 1.165) is 18.4 Å². The van der Waals surface area contributed by atoms with Gasteiger partial charge in [0.05, 0.1) is 0 Å². The Morgan fingerprint density at radius 2 is 1.75 bits per heavy atom. The molecule has 2 heteroatoms. The first-order valence-electron chi connectivity index (χ1n) is 7.13. The standard InChI is InChI=1S/C14H30N2/c1-4-5-6-7-8-14(9-15)16-10-12(2)13(3)11-16/h12-14H,4-11,15H2,1-3H3. The van der Waals surface area contributed by atoms with E-state index in [1.54, 1.807) is 0 Å². The third-order valence-corrected chi connectivity index (χ3v) is 4.20. The highest BCUT2D eigenvalue weighted by Crippen LogP contribution is 2.25. The maximum atomic E-state index is 5.92. The van der Waals surface area contributed by atoms with E-state index in [4.69, 9.17) is 5.73 Å². The number of hydrogen-bond donors (Lipinski definition) is 1. The molecule has 1 fully saturated rings. The third-order valence-electron chi connectivity index (χ3n) is 4.20. The van der Waals surface area contributed by atoms with Gasteiger partial charge in [-0.05, 0) is 18.3 Å². The largest absolute Gasteiger partial charge is 0.329 e. The fourth-order valence-corrected chi connectivity index (χ4v) is 2.73. The molecular weight excluding hydrogens is 196 g/mol. The van der Waals surface area contributed by atoms with Crippen molar-refractivity contribution in [1.29, 1.82) is 0 Å². The molecule has 2 nitrogen and oxygen atoms in total. The smallest absolute Gasteiger partial charge is 0.0218 e. The molecule has 3 atom stereocenters. The molecule has 0 aromatic heterocycles. The second-order valence-electron chi connectivity index (χ2n) is 5.65. The van der Waals surface area contributed by atoms with Gasteiger partial charge in [-0.1, -0.05) is 46.5 Å². The van der Waals surface area contributed by atoms with Crippen molar-refractivity contribution in [2.45, 2.75) is 58.9 Å². The highest BCUT2D eigenvalue weighted by Gasteiger charge is 2.29. The number of nitrogens with zero attached hydrogens (tertiary/aromatic N) is 1. The van der Waals surface area contributed by atoms with Crippen LogP contribution in [0.5, 0.6) is 0 Å². The number of hydrogen-bond acceptors (Lipinski definition) is 2. The van der Waals surface area contributed by atoms with Gasteiger partial charge in [-0.2, -0.15) is 0 Å². The molecule has 0 aromatic carbocycles. The van der Waals surface area contributed by atoms with E-state index >= 15 is 0 Å². The molecule has 0 bridgehead atoms. The van der Waals surface area contributed by atoms with Gasteiger partial charge in [-0.3, -0.25) is 4.90 Å². The monoisotopic (exact) mass is 226 g/mol. The van der Waals surface area contributed by atoms with Crippen molar-refractivity contribution >= 4 is 0 Å². The third kappa shape index (κ3) is 4.06. The molecule has 0 aliphatic carbocycles. The highest BCUT2D eigenvalue weighted by molar-refractivity contribution is 4.84. The molecule has 96 valence electrons. The summed E-state index contributed by atoms with van der Waals surface area (Å²) >= 11 is 0. The summed E-state index contributed by atoms with van der Waals surface area (Å²) in [6, 6.07) is 0.643. The van der Waals surface area contributed by atoms with Crippen LogP contribution in [0.15, 0.2) is 0 Å². The molecule has 1 heterocycles. The lowest BCUT2D eigenvalue weighted by molar-refractivity contribution is 0.221. The maximum Gasteiger partial charge on any atom is 0.0218 e. The summed E-state index contributed by atoms with van der Waals surface area (Å²) in [4.78, 5) is 2.63. The molecule has 3 unspecified atom stereocenters. The predicted octanol–water partition coefficient (Wildman–Crippen LogP) is 2.87. The van der Waals surface area contributed by atoms with E-state index < -0.39 is 0 Å². The van der Waals surface area contributed by atoms with Crippen molar-refractivity contribution in [3.05, 3.63) is 0 Å². The number of nitrogens with two attached hydrogens (primary N) is 1. The van der Waals surface area contributed by atoms with Crippen LogP contribution >= 0.6 is 0 Å². The quantitative estimate of drug-likeness (QED) is 0.676. The van der Waals surface area contributed by atoms with Crippen molar-refractivity contribution in [2.24, 2.45) is 17.6 Å². The van der Waals surface area contributed by atoms with Gasteiger partial charge < -0.3 is 5.73 Å². The van der Waals surface area contributed by atoms with E-state index in [9.17, 15) is 0 Å². The second kappa shape index (κ2) is 7.29. The summed E-state index contributed by atoms with van der Waals surface area (Å²) in [6.07, 6.45) is 6.74. The zero-order chi connectivity index (χ0) is 12.0. The van der Waals surface area contributed by atoms with Gasteiger partial charge in [0.25, 0.3) is 0 Å². The minimum absolute atomic E-state index is 0.643. The normalized spacial score (nSPS) is 28.5. The van der Waals surface area contributed by atoms with Crippen LogP contribution in [0.2, 0.25) is 0 Å². The number of rotatable bonds is 7. The van der Waals surface area contributed by atoms with Crippen LogP contribution < -0.4 is 5.73 Å². The highest BCUT2D eigenvalue weighted by atomic mass is 15.2. The summed E-state index contributed by atoms with van der Waals surface area (Å²) in [7, 11) is 0. The average Bonchev–Trinajstić information content (AvgIpc) is 2.59. The van der Waals surface area contributed by atoms with E-state index in [1.165, 1.54) is 45.2 Å². The van der Waals surface area contributed by atoms with Gasteiger partial charge in [0, 0.05) is 25.7 Å². The fourth-order valence-electron chi connectivity index (χ4n) is 2.73. The van der Waals surface area contributed by atoms with Gasteiger partial charge in [-0.15, -0.1) is 0 Å². The molecule has 1 rings (SSSR count). The maximum absolute atomic E-state index is 5.92. The Kier molecular flexibility index (Phi) is 6.37. The second-order valence-corrected chi connectivity index (χ2v) is 5.65. The molecule has 1 aliphatic heterocycles. The van der Waals surface area contributed by atoms with E-state index in [-0.39, 0.29) is 0 Å². The predicted molar refractivity (Wildman–Crippen MR) is 71.5 cm³/mol. The zero-order valence-corrected chi connectivity index (χ0v) is 11.4. The molecule has 0 saturated carbocycles. The molecule has 2 N–H and O–H groups in total. The van der Waals surface area contributed by atoms with Crippen LogP contribution in [0.3, 0.4) is 0 Å². The SMILES string of the molecule is CCCCCCC(CN)N1CC(C)C(C)C1. The lowest BCUT2D eigenvalue weighted by Gasteiger charge is -2.26. The Morgan fingerprint density at radius 1 is 1.12 bits per heavy atom. The van der Waals surface area contributed by atoms with Gasteiger partial charge >= 0.3 is 0 Å². The van der Waals surface area contributed by atoms with E-state index in [2.05, 4.69) is 25.7 Å². The summed E-state index contributed by atoms with van der Waals surface area (Å²) in [5, 5.41) is 0. The first-order valence-corrected chi connectivity index (χ1v) is 7.13. The van der Waals surface area contributed by atoms with Gasteiger partial charge in [0.15, 0.2) is 0 Å². The lowest BCUT2D eigenvalue weighted by atomic mass is 10.0. The Bertz CT molecular complexity index is 172. The summed E-state index contributed by atoms with van der Waals surface area (Å²) in [5.41, 5.74) is 5.92. The summed E-state index contributed by atoms with van der Waals surface area (Å²) in [5.74, 6) is 1.70. The molecular formula is C14H30N2. The Morgan fingerprint density at radius 3 is 2.25 bits per heavy atom. The Labute approximate surface area is 102 Å². The van der Waals surface area contributed by atoms with E-state index in [0.29, 0.717) is 6.04 Å². The summed E-state index contributed by atoms with van der Waals surface area (Å²) in [6.45, 7) is 10.4. The van der Waals surface area contributed by atoms with Crippen LogP contribution in [0.25, 0.3) is 0 Å². The van der Waals surface area contributed by atoms with Crippen molar-refractivity contribution in [3.63, 3.8) is 0 Å². The zero-order valence-electron chi connectivity index (χ0n) is 11.4. The Balaban J connectivity index is 2.25. The van der Waals surface area contributed by atoms with Crippen LogP contribution in [0.4, 0.5) is 0 Å². The molecule has 0 spiro atoms. The van der Waals surface area contributed by atoms with Gasteiger partial charge in [0.1, 0.15) is 0 Å². The minimum Gasteiger partial charge on any atom is -0.329 e. The molecule has 1 aliphatic rings. The minimum atomic E-state index is 0.643. The number of unbranched alkanes of at least 4 members (excludes halogenated alkanes) is 3. The summed E-state index contributed by atoms with van der Waals surface area (Å²) < 4.78 is 0. The van der Waals surface area contributed by atoms with Gasteiger partial charge in [0.2, 0.25) is 0 Å². The first-order chi connectivity index (χ1) is 7.69. The lowest BCUT2D eigenvalue weighted by Crippen LogP contribution is -2.39. The first kappa shape index (κ1) is 14.0. The molecule has 0 radical (unpaired) electrons. The fraction of sp³-hybridized carbons (Fsp3) is 1.00. The van der Waals surface area contributed by atoms with Crippen LogP contribution in [0.1, 0.15) is 52.9 Å². The number of likely N-dealkylation sites (tertiary alicyclic amines) is 1. The van der Waals surface area contributed by atoms with Crippen molar-refractivity contribution in [2.75, 3.05) is 19.6 Å². The van der Waals surface area contributed by atoms with Gasteiger partial charge in [-0.25, -0.2) is 0 Å². The Hall–Kier alpha value is -0.0800. The topological polar surface area (TPSA) is 29.3 Å². The van der Waals surface area contributed by atoms with Crippen LogP contribution in [-0.4, -0.2) is 30.6 Å². The molecule has 0 aromatic rings. The molecule has 1 saturated heterocycles. The van der Waals surface area contributed by atoms with Crippen LogP contribution in [0, 0.1) is 11.8 Å². The van der Waals surface area contributed by atoms with Crippen molar-refractivity contribution in [3.8, 4) is 0 Å². The van der Waals surface area contributed by atoms with Crippen molar-refractivity contribution < 1.29 is 0 Å². The average molecular weight is 226 g/mol. The van der Waals surface area contributed by atoms with Crippen LogP contribution in [-0.2, 0) is 0 Å².